The number of carbonyl (C=O) groups excluding carboxylic acids is 1. The highest BCUT2D eigenvalue weighted by Crippen LogP contribution is 2.27. The van der Waals surface area contributed by atoms with E-state index in [1.54, 1.807) is 0 Å². The SMILES string of the molecule is CC(=O)O.CC[C@H]1CCC(=O)N1C1CCNCC1. The van der Waals surface area contributed by atoms with E-state index in [1.807, 2.05) is 0 Å². The van der Waals surface area contributed by atoms with Gasteiger partial charge in [-0.3, -0.25) is 9.59 Å². The monoisotopic (exact) mass is 256 g/mol. The van der Waals surface area contributed by atoms with E-state index < -0.39 is 5.97 Å². The van der Waals surface area contributed by atoms with E-state index in [1.165, 1.54) is 0 Å². The molecule has 2 aliphatic rings. The molecule has 2 rings (SSSR count). The van der Waals surface area contributed by atoms with Crippen LogP contribution in [0.4, 0.5) is 0 Å². The van der Waals surface area contributed by atoms with Gasteiger partial charge in [0.2, 0.25) is 5.91 Å². The normalized spacial score (nSPS) is 24.7. The average molecular weight is 256 g/mol. The van der Waals surface area contributed by atoms with Gasteiger partial charge in [0, 0.05) is 25.4 Å². The van der Waals surface area contributed by atoms with E-state index in [9.17, 15) is 4.79 Å². The number of piperidine rings is 1. The van der Waals surface area contributed by atoms with Crippen molar-refractivity contribution in [3.8, 4) is 0 Å². The molecule has 2 fully saturated rings. The van der Waals surface area contributed by atoms with Gasteiger partial charge in [0.05, 0.1) is 0 Å². The third-order valence-corrected chi connectivity index (χ3v) is 3.55. The van der Waals surface area contributed by atoms with E-state index in [2.05, 4.69) is 17.1 Å². The first-order chi connectivity index (χ1) is 8.56. The number of likely N-dealkylation sites (tertiary alicyclic amines) is 1. The van der Waals surface area contributed by atoms with Crippen molar-refractivity contribution in [1.29, 1.82) is 0 Å². The van der Waals surface area contributed by atoms with E-state index in [-0.39, 0.29) is 0 Å². The molecule has 2 N–H and O–H groups in total. The molecule has 0 bridgehead atoms. The minimum Gasteiger partial charge on any atom is -0.481 e. The van der Waals surface area contributed by atoms with E-state index in [4.69, 9.17) is 9.90 Å². The minimum absolute atomic E-state index is 0.392. The highest BCUT2D eigenvalue weighted by Gasteiger charge is 2.35. The van der Waals surface area contributed by atoms with Crippen LogP contribution in [-0.2, 0) is 9.59 Å². The number of nitrogens with one attached hydrogen (secondary N) is 1. The topological polar surface area (TPSA) is 69.6 Å². The highest BCUT2D eigenvalue weighted by atomic mass is 16.4. The number of carboxylic acids is 1. The van der Waals surface area contributed by atoms with E-state index in [0.29, 0.717) is 18.0 Å². The predicted octanol–water partition coefficient (Wildman–Crippen LogP) is 1.23. The molecule has 18 heavy (non-hydrogen) atoms. The fourth-order valence-electron chi connectivity index (χ4n) is 2.75. The Labute approximate surface area is 109 Å². The largest absolute Gasteiger partial charge is 0.481 e. The summed E-state index contributed by atoms with van der Waals surface area (Å²) in [4.78, 5) is 22.9. The van der Waals surface area contributed by atoms with Gasteiger partial charge in [-0.15, -0.1) is 0 Å². The molecular weight excluding hydrogens is 232 g/mol. The molecule has 1 atom stereocenters. The third kappa shape index (κ3) is 4.29. The number of carboxylic acid groups (broad SMARTS) is 1. The predicted molar refractivity (Wildman–Crippen MR) is 69.4 cm³/mol. The number of carbonyl (C=O) groups is 2. The van der Waals surface area contributed by atoms with Gasteiger partial charge in [0.25, 0.3) is 5.97 Å². The molecule has 0 unspecified atom stereocenters. The second kappa shape index (κ2) is 7.36. The van der Waals surface area contributed by atoms with Crippen LogP contribution in [0.25, 0.3) is 0 Å². The summed E-state index contributed by atoms with van der Waals surface area (Å²) in [6.07, 6.45) is 5.27. The molecule has 104 valence electrons. The summed E-state index contributed by atoms with van der Waals surface area (Å²) in [5.74, 6) is -0.441. The molecule has 0 aromatic carbocycles. The molecule has 5 heteroatoms. The Morgan fingerprint density at radius 2 is 1.94 bits per heavy atom. The van der Waals surface area contributed by atoms with Gasteiger partial charge >= 0.3 is 0 Å². The Kier molecular flexibility index (Phi) is 6.12. The van der Waals surface area contributed by atoms with Crippen molar-refractivity contribution < 1.29 is 14.7 Å². The van der Waals surface area contributed by atoms with Crippen LogP contribution in [0.3, 0.4) is 0 Å². The van der Waals surface area contributed by atoms with E-state index in [0.717, 1.165) is 52.1 Å². The number of hydrogen-bond donors (Lipinski definition) is 2. The average Bonchev–Trinajstić information content (AvgIpc) is 2.71. The van der Waals surface area contributed by atoms with Gasteiger partial charge in [-0.1, -0.05) is 6.92 Å². The van der Waals surface area contributed by atoms with Crippen LogP contribution in [0.1, 0.15) is 46.0 Å². The van der Waals surface area contributed by atoms with Gasteiger partial charge < -0.3 is 15.3 Å². The first-order valence-corrected chi connectivity index (χ1v) is 6.77. The molecule has 0 aliphatic carbocycles. The minimum atomic E-state index is -0.833. The van der Waals surface area contributed by atoms with Crippen LogP contribution in [0.15, 0.2) is 0 Å². The standard InChI is InChI=1S/C11H20N2O.C2H4O2/c1-2-9-3-4-11(14)13(9)10-5-7-12-8-6-10;1-2(3)4/h9-10,12H,2-8H2,1H3;1H3,(H,3,4)/t9-;/m0./s1. The zero-order chi connectivity index (χ0) is 13.5. The molecule has 2 saturated heterocycles. The maximum Gasteiger partial charge on any atom is 0.300 e. The first kappa shape index (κ1) is 15.0. The number of hydrogen-bond acceptors (Lipinski definition) is 3. The zero-order valence-electron chi connectivity index (χ0n) is 11.3. The lowest BCUT2D eigenvalue weighted by Crippen LogP contribution is -2.47. The van der Waals surface area contributed by atoms with Crippen molar-refractivity contribution in [3.63, 3.8) is 0 Å². The maximum atomic E-state index is 11.7. The Hall–Kier alpha value is -1.10. The first-order valence-electron chi connectivity index (χ1n) is 6.77. The second-order valence-corrected chi connectivity index (χ2v) is 4.90. The summed E-state index contributed by atoms with van der Waals surface area (Å²) >= 11 is 0. The molecule has 0 saturated carbocycles. The van der Waals surface area contributed by atoms with Crippen molar-refractivity contribution in [2.24, 2.45) is 0 Å². The molecular formula is C13H24N2O3. The lowest BCUT2D eigenvalue weighted by Gasteiger charge is -2.35. The summed E-state index contributed by atoms with van der Waals surface area (Å²) in [6.45, 7) is 5.42. The Morgan fingerprint density at radius 1 is 1.39 bits per heavy atom. The molecule has 5 nitrogen and oxygen atoms in total. The molecule has 0 spiro atoms. The van der Waals surface area contributed by atoms with E-state index >= 15 is 0 Å². The molecule has 2 heterocycles. The fourth-order valence-corrected chi connectivity index (χ4v) is 2.75. The summed E-state index contributed by atoms with van der Waals surface area (Å²) in [7, 11) is 0. The van der Waals surface area contributed by atoms with Crippen LogP contribution in [0.5, 0.6) is 0 Å². The molecule has 0 aromatic rings. The Bertz CT molecular complexity index is 284. The zero-order valence-corrected chi connectivity index (χ0v) is 11.3. The summed E-state index contributed by atoms with van der Waals surface area (Å²) in [5.41, 5.74) is 0. The number of amides is 1. The smallest absolute Gasteiger partial charge is 0.300 e. The summed E-state index contributed by atoms with van der Waals surface area (Å²) in [5, 5.41) is 10.8. The summed E-state index contributed by atoms with van der Waals surface area (Å²) < 4.78 is 0. The third-order valence-electron chi connectivity index (χ3n) is 3.55. The lowest BCUT2D eigenvalue weighted by molar-refractivity contribution is -0.134. The Balaban J connectivity index is 0.000000357. The lowest BCUT2D eigenvalue weighted by atomic mass is 10.0. The van der Waals surface area contributed by atoms with Crippen molar-refractivity contribution >= 4 is 11.9 Å². The van der Waals surface area contributed by atoms with Gasteiger partial charge in [-0.2, -0.15) is 0 Å². The van der Waals surface area contributed by atoms with Gasteiger partial charge in [-0.25, -0.2) is 0 Å². The van der Waals surface area contributed by atoms with Crippen molar-refractivity contribution in [3.05, 3.63) is 0 Å². The van der Waals surface area contributed by atoms with Gasteiger partial charge in [0.1, 0.15) is 0 Å². The van der Waals surface area contributed by atoms with Crippen LogP contribution in [0, 0.1) is 0 Å². The van der Waals surface area contributed by atoms with Crippen LogP contribution < -0.4 is 5.32 Å². The molecule has 0 aromatic heterocycles. The van der Waals surface area contributed by atoms with Crippen LogP contribution in [0.2, 0.25) is 0 Å². The number of nitrogens with zero attached hydrogens (tertiary/aromatic N) is 1. The van der Waals surface area contributed by atoms with Crippen molar-refractivity contribution in [1.82, 2.24) is 10.2 Å². The van der Waals surface area contributed by atoms with Crippen molar-refractivity contribution in [2.75, 3.05) is 13.1 Å². The molecule has 1 amide bonds. The number of aliphatic carboxylic acids is 1. The van der Waals surface area contributed by atoms with Crippen molar-refractivity contribution in [2.45, 2.75) is 58.0 Å². The fraction of sp³-hybridized carbons (Fsp3) is 0.846. The Morgan fingerprint density at radius 3 is 2.44 bits per heavy atom. The molecule has 2 aliphatic heterocycles. The molecule has 0 radical (unpaired) electrons. The van der Waals surface area contributed by atoms with Crippen LogP contribution in [-0.4, -0.2) is 47.1 Å². The number of rotatable bonds is 2. The quantitative estimate of drug-likeness (QED) is 0.779. The maximum absolute atomic E-state index is 11.7. The second-order valence-electron chi connectivity index (χ2n) is 4.90. The van der Waals surface area contributed by atoms with Gasteiger partial charge in [-0.05, 0) is 38.8 Å². The summed E-state index contributed by atoms with van der Waals surface area (Å²) in [6, 6.07) is 1.06. The highest BCUT2D eigenvalue weighted by molar-refractivity contribution is 5.79. The van der Waals surface area contributed by atoms with Gasteiger partial charge in [0.15, 0.2) is 0 Å². The van der Waals surface area contributed by atoms with Crippen LogP contribution >= 0.6 is 0 Å².